The quantitative estimate of drug-likeness (QED) is 0.416. The minimum atomic E-state index is 0.540. The SMILES string of the molecule is C=C(C)/N=C\C(=C)OC. The van der Waals surface area contributed by atoms with Gasteiger partial charge >= 0.3 is 0 Å². The molecule has 0 aliphatic carbocycles. The molecular formula is C7H11NO. The van der Waals surface area contributed by atoms with E-state index in [1.165, 1.54) is 6.21 Å². The van der Waals surface area contributed by atoms with Crippen LogP contribution in [-0.2, 0) is 4.74 Å². The van der Waals surface area contributed by atoms with Gasteiger partial charge in [-0.2, -0.15) is 0 Å². The molecule has 0 bridgehead atoms. The molecule has 0 saturated carbocycles. The standard InChI is InChI=1S/C7H11NO/c1-6(2)8-5-7(3)9-4/h5H,1,3H2,2,4H3/b8-5-. The van der Waals surface area contributed by atoms with Gasteiger partial charge in [0.1, 0.15) is 5.76 Å². The van der Waals surface area contributed by atoms with Gasteiger partial charge in [-0.25, -0.2) is 0 Å². The number of rotatable bonds is 3. The van der Waals surface area contributed by atoms with Gasteiger partial charge in [0.15, 0.2) is 0 Å². The molecule has 0 radical (unpaired) electrons. The van der Waals surface area contributed by atoms with Gasteiger partial charge < -0.3 is 4.74 Å². The van der Waals surface area contributed by atoms with Crippen molar-refractivity contribution in [3.8, 4) is 0 Å². The van der Waals surface area contributed by atoms with Gasteiger partial charge in [-0.1, -0.05) is 13.2 Å². The molecular weight excluding hydrogens is 114 g/mol. The molecule has 2 heteroatoms. The van der Waals surface area contributed by atoms with E-state index in [1.807, 2.05) is 0 Å². The highest BCUT2D eigenvalue weighted by Crippen LogP contribution is 1.90. The van der Waals surface area contributed by atoms with E-state index in [-0.39, 0.29) is 0 Å². The number of hydrogen-bond acceptors (Lipinski definition) is 2. The molecule has 0 N–H and O–H groups in total. The van der Waals surface area contributed by atoms with Crippen molar-refractivity contribution in [2.24, 2.45) is 4.99 Å². The van der Waals surface area contributed by atoms with E-state index in [1.54, 1.807) is 14.0 Å². The van der Waals surface area contributed by atoms with Gasteiger partial charge in [0.25, 0.3) is 0 Å². The zero-order chi connectivity index (χ0) is 7.28. The summed E-state index contributed by atoms with van der Waals surface area (Å²) in [6, 6.07) is 0. The zero-order valence-corrected chi connectivity index (χ0v) is 5.85. The molecule has 0 aliphatic rings. The molecule has 50 valence electrons. The normalized spacial score (nSPS) is 9.56. The van der Waals surface area contributed by atoms with E-state index in [4.69, 9.17) is 4.74 Å². The van der Waals surface area contributed by atoms with Crippen LogP contribution in [0.2, 0.25) is 0 Å². The van der Waals surface area contributed by atoms with Gasteiger partial charge in [-0.3, -0.25) is 4.99 Å². The Bertz CT molecular complexity index is 147. The van der Waals surface area contributed by atoms with Crippen LogP contribution in [0.3, 0.4) is 0 Å². The second kappa shape index (κ2) is 3.89. The van der Waals surface area contributed by atoms with Crippen LogP contribution in [-0.4, -0.2) is 13.3 Å². The Balaban J connectivity index is 3.71. The third kappa shape index (κ3) is 4.81. The smallest absolute Gasteiger partial charge is 0.129 e. The van der Waals surface area contributed by atoms with E-state index in [9.17, 15) is 0 Å². The summed E-state index contributed by atoms with van der Waals surface area (Å²) >= 11 is 0. The lowest BCUT2D eigenvalue weighted by Crippen LogP contribution is -1.83. The first-order chi connectivity index (χ1) is 4.16. The van der Waals surface area contributed by atoms with Crippen molar-refractivity contribution in [1.82, 2.24) is 0 Å². The lowest BCUT2D eigenvalue weighted by Gasteiger charge is -1.93. The van der Waals surface area contributed by atoms with Crippen LogP contribution in [0.15, 0.2) is 29.6 Å². The Morgan fingerprint density at radius 1 is 1.56 bits per heavy atom. The molecule has 0 aliphatic heterocycles. The van der Waals surface area contributed by atoms with Crippen LogP contribution in [0.25, 0.3) is 0 Å². The zero-order valence-electron chi connectivity index (χ0n) is 5.85. The average Bonchev–Trinajstić information content (AvgIpc) is 1.83. The van der Waals surface area contributed by atoms with Crippen molar-refractivity contribution in [3.05, 3.63) is 24.6 Å². The summed E-state index contributed by atoms with van der Waals surface area (Å²) in [6.07, 6.45) is 1.53. The van der Waals surface area contributed by atoms with Gasteiger partial charge in [0.2, 0.25) is 0 Å². The molecule has 2 nitrogen and oxygen atoms in total. The number of aliphatic imine (C=N–C) groups is 1. The number of methoxy groups -OCH3 is 1. The molecule has 0 atom stereocenters. The third-order valence-corrected chi connectivity index (χ3v) is 0.691. The van der Waals surface area contributed by atoms with Crippen LogP contribution >= 0.6 is 0 Å². The highest BCUT2D eigenvalue weighted by atomic mass is 16.5. The molecule has 0 aromatic carbocycles. The first kappa shape index (κ1) is 7.95. The molecule has 0 aromatic heterocycles. The fraction of sp³-hybridized carbons (Fsp3) is 0.286. The summed E-state index contributed by atoms with van der Waals surface area (Å²) in [7, 11) is 1.55. The fourth-order valence-electron chi connectivity index (χ4n) is 0.235. The Kier molecular flexibility index (Phi) is 3.44. The summed E-state index contributed by atoms with van der Waals surface area (Å²) < 4.78 is 4.72. The van der Waals surface area contributed by atoms with Crippen molar-refractivity contribution < 1.29 is 4.74 Å². The third-order valence-electron chi connectivity index (χ3n) is 0.691. The monoisotopic (exact) mass is 125 g/mol. The molecule has 0 rings (SSSR count). The maximum Gasteiger partial charge on any atom is 0.129 e. The minimum absolute atomic E-state index is 0.540. The topological polar surface area (TPSA) is 21.6 Å². The van der Waals surface area contributed by atoms with Crippen LogP contribution in [0, 0.1) is 0 Å². The van der Waals surface area contributed by atoms with Crippen LogP contribution in [0.4, 0.5) is 0 Å². The van der Waals surface area contributed by atoms with Crippen LogP contribution < -0.4 is 0 Å². The molecule has 0 amide bonds. The Morgan fingerprint density at radius 3 is 2.44 bits per heavy atom. The second-order valence-electron chi connectivity index (χ2n) is 1.66. The number of ether oxygens (including phenoxy) is 1. The lowest BCUT2D eigenvalue weighted by atomic mass is 10.5. The predicted octanol–water partition coefficient (Wildman–Crippen LogP) is 1.75. The van der Waals surface area contributed by atoms with Crippen molar-refractivity contribution >= 4 is 6.21 Å². The number of hydrogen-bond donors (Lipinski definition) is 0. The van der Waals surface area contributed by atoms with Gasteiger partial charge in [0, 0.05) is 5.70 Å². The molecule has 0 heterocycles. The van der Waals surface area contributed by atoms with Gasteiger partial charge in [-0.15, -0.1) is 0 Å². The maximum atomic E-state index is 4.72. The lowest BCUT2D eigenvalue weighted by molar-refractivity contribution is 0.319. The predicted molar refractivity (Wildman–Crippen MR) is 39.5 cm³/mol. The molecule has 0 unspecified atom stereocenters. The van der Waals surface area contributed by atoms with E-state index in [0.29, 0.717) is 5.76 Å². The molecule has 0 fully saturated rings. The van der Waals surface area contributed by atoms with E-state index in [0.717, 1.165) is 5.70 Å². The van der Waals surface area contributed by atoms with E-state index >= 15 is 0 Å². The second-order valence-corrected chi connectivity index (χ2v) is 1.66. The summed E-state index contributed by atoms with van der Waals surface area (Å²) in [4.78, 5) is 3.85. The summed E-state index contributed by atoms with van der Waals surface area (Å²) in [6.45, 7) is 8.90. The first-order valence-corrected chi connectivity index (χ1v) is 2.59. The van der Waals surface area contributed by atoms with E-state index in [2.05, 4.69) is 18.2 Å². The molecule has 0 saturated heterocycles. The number of nitrogens with zero attached hydrogens (tertiary/aromatic N) is 1. The van der Waals surface area contributed by atoms with Crippen LogP contribution in [0.5, 0.6) is 0 Å². The molecule has 0 aromatic rings. The fourth-order valence-corrected chi connectivity index (χ4v) is 0.235. The summed E-state index contributed by atoms with van der Waals surface area (Å²) in [5.74, 6) is 0.540. The Labute approximate surface area is 55.6 Å². The van der Waals surface area contributed by atoms with Crippen molar-refractivity contribution in [1.29, 1.82) is 0 Å². The van der Waals surface area contributed by atoms with Crippen molar-refractivity contribution in [2.45, 2.75) is 6.92 Å². The highest BCUT2D eigenvalue weighted by molar-refractivity contribution is 5.75. The highest BCUT2D eigenvalue weighted by Gasteiger charge is 1.80. The van der Waals surface area contributed by atoms with Crippen LogP contribution in [0.1, 0.15) is 6.92 Å². The van der Waals surface area contributed by atoms with Crippen molar-refractivity contribution in [3.63, 3.8) is 0 Å². The van der Waals surface area contributed by atoms with Crippen molar-refractivity contribution in [2.75, 3.05) is 7.11 Å². The van der Waals surface area contributed by atoms with E-state index < -0.39 is 0 Å². The molecule has 0 spiro atoms. The minimum Gasteiger partial charge on any atom is -0.496 e. The maximum absolute atomic E-state index is 4.72. The Morgan fingerprint density at radius 2 is 2.11 bits per heavy atom. The largest absolute Gasteiger partial charge is 0.496 e. The average molecular weight is 125 g/mol. The van der Waals surface area contributed by atoms with Gasteiger partial charge in [0.05, 0.1) is 13.3 Å². The summed E-state index contributed by atoms with van der Waals surface area (Å²) in [5, 5.41) is 0. The summed E-state index contributed by atoms with van der Waals surface area (Å²) in [5.41, 5.74) is 0.744. The first-order valence-electron chi connectivity index (χ1n) is 2.59. The Hall–Kier alpha value is -1.05. The number of allylic oxidation sites excluding steroid dienone is 2. The molecule has 9 heavy (non-hydrogen) atoms. The van der Waals surface area contributed by atoms with Gasteiger partial charge in [-0.05, 0) is 6.92 Å².